The van der Waals surface area contributed by atoms with Gasteiger partial charge in [-0.15, -0.1) is 0 Å². The summed E-state index contributed by atoms with van der Waals surface area (Å²) in [5, 5.41) is 3.08. The summed E-state index contributed by atoms with van der Waals surface area (Å²) >= 11 is 0. The lowest BCUT2D eigenvalue weighted by Gasteiger charge is -2.40. The van der Waals surface area contributed by atoms with Crippen molar-refractivity contribution < 1.29 is 4.79 Å². The van der Waals surface area contributed by atoms with Crippen LogP contribution in [-0.2, 0) is 4.79 Å². The van der Waals surface area contributed by atoms with E-state index in [1.165, 1.54) is 25.7 Å². The zero-order valence-corrected chi connectivity index (χ0v) is 11.1. The standard InChI is InChI=1S/C13H25N3O/c1-16(2)12(6-3-4-7-12)10-15-11(17)13(14)8-5-9-13/h3-10,14H2,1-2H3,(H,15,17). The number of nitrogens with one attached hydrogen (secondary N) is 1. The first-order valence-electron chi connectivity index (χ1n) is 6.73. The number of hydrogen-bond acceptors (Lipinski definition) is 3. The van der Waals surface area contributed by atoms with E-state index < -0.39 is 5.54 Å². The van der Waals surface area contributed by atoms with Crippen LogP contribution in [0.1, 0.15) is 44.9 Å². The molecule has 2 saturated carbocycles. The SMILES string of the molecule is CN(C)C1(CNC(=O)C2(N)CCC2)CCCC1. The summed E-state index contributed by atoms with van der Waals surface area (Å²) in [7, 11) is 4.22. The molecule has 2 fully saturated rings. The molecule has 17 heavy (non-hydrogen) atoms. The molecule has 3 N–H and O–H groups in total. The lowest BCUT2D eigenvalue weighted by molar-refractivity contribution is -0.129. The van der Waals surface area contributed by atoms with Gasteiger partial charge in [0.25, 0.3) is 0 Å². The van der Waals surface area contributed by atoms with Crippen LogP contribution in [0.25, 0.3) is 0 Å². The van der Waals surface area contributed by atoms with Crippen LogP contribution in [0, 0.1) is 0 Å². The van der Waals surface area contributed by atoms with Gasteiger partial charge in [0.1, 0.15) is 0 Å². The summed E-state index contributed by atoms with van der Waals surface area (Å²) in [4.78, 5) is 14.3. The lowest BCUT2D eigenvalue weighted by Crippen LogP contribution is -2.61. The van der Waals surface area contributed by atoms with Crippen molar-refractivity contribution in [2.24, 2.45) is 5.73 Å². The smallest absolute Gasteiger partial charge is 0.240 e. The third-order valence-corrected chi connectivity index (χ3v) is 4.76. The fourth-order valence-corrected chi connectivity index (χ4v) is 3.02. The Morgan fingerprint density at radius 1 is 1.18 bits per heavy atom. The topological polar surface area (TPSA) is 58.4 Å². The van der Waals surface area contributed by atoms with Gasteiger partial charge in [0, 0.05) is 12.1 Å². The van der Waals surface area contributed by atoms with Gasteiger partial charge >= 0.3 is 0 Å². The van der Waals surface area contributed by atoms with Crippen molar-refractivity contribution in [3.63, 3.8) is 0 Å². The van der Waals surface area contributed by atoms with Gasteiger partial charge < -0.3 is 16.0 Å². The van der Waals surface area contributed by atoms with E-state index in [0.717, 1.165) is 25.8 Å². The highest BCUT2D eigenvalue weighted by Crippen LogP contribution is 2.34. The Balaban J connectivity index is 1.89. The van der Waals surface area contributed by atoms with Crippen LogP contribution in [0.15, 0.2) is 0 Å². The van der Waals surface area contributed by atoms with E-state index in [1.807, 2.05) is 0 Å². The van der Waals surface area contributed by atoms with Gasteiger partial charge in [-0.1, -0.05) is 12.8 Å². The molecule has 2 aliphatic carbocycles. The summed E-state index contributed by atoms with van der Waals surface area (Å²) < 4.78 is 0. The first kappa shape index (κ1) is 12.8. The molecular weight excluding hydrogens is 214 g/mol. The molecule has 0 aliphatic heterocycles. The lowest BCUT2D eigenvalue weighted by atomic mass is 9.77. The summed E-state index contributed by atoms with van der Waals surface area (Å²) in [5.41, 5.74) is 5.62. The molecule has 98 valence electrons. The van der Waals surface area contributed by atoms with Gasteiger partial charge in [0.2, 0.25) is 5.91 Å². The first-order valence-corrected chi connectivity index (χ1v) is 6.73. The van der Waals surface area contributed by atoms with Crippen molar-refractivity contribution in [1.82, 2.24) is 10.2 Å². The van der Waals surface area contributed by atoms with E-state index in [0.29, 0.717) is 0 Å². The second-order valence-corrected chi connectivity index (χ2v) is 6.02. The quantitative estimate of drug-likeness (QED) is 0.765. The van der Waals surface area contributed by atoms with Gasteiger partial charge in [-0.25, -0.2) is 0 Å². The van der Waals surface area contributed by atoms with Crippen molar-refractivity contribution in [2.75, 3.05) is 20.6 Å². The van der Waals surface area contributed by atoms with Crippen LogP contribution in [-0.4, -0.2) is 42.5 Å². The van der Waals surface area contributed by atoms with Crippen LogP contribution in [0.3, 0.4) is 0 Å². The van der Waals surface area contributed by atoms with Crippen molar-refractivity contribution in [3.05, 3.63) is 0 Å². The maximum absolute atomic E-state index is 12.0. The molecule has 0 aromatic heterocycles. The Hall–Kier alpha value is -0.610. The molecule has 0 unspecified atom stereocenters. The van der Waals surface area contributed by atoms with Crippen LogP contribution in [0.4, 0.5) is 0 Å². The Kier molecular flexibility index (Phi) is 3.46. The number of nitrogens with zero attached hydrogens (tertiary/aromatic N) is 1. The Labute approximate surface area is 104 Å². The molecule has 4 heteroatoms. The number of nitrogens with two attached hydrogens (primary N) is 1. The second-order valence-electron chi connectivity index (χ2n) is 6.02. The number of rotatable bonds is 4. The molecule has 0 heterocycles. The number of carbonyl (C=O) groups is 1. The van der Waals surface area contributed by atoms with E-state index >= 15 is 0 Å². The zero-order chi connectivity index (χ0) is 12.5. The molecule has 1 amide bonds. The average molecular weight is 239 g/mol. The van der Waals surface area contributed by atoms with E-state index in [-0.39, 0.29) is 11.4 Å². The van der Waals surface area contributed by atoms with Crippen molar-refractivity contribution >= 4 is 5.91 Å². The van der Waals surface area contributed by atoms with Crippen LogP contribution >= 0.6 is 0 Å². The number of hydrogen-bond donors (Lipinski definition) is 2. The molecular formula is C13H25N3O. The first-order chi connectivity index (χ1) is 7.99. The fraction of sp³-hybridized carbons (Fsp3) is 0.923. The van der Waals surface area contributed by atoms with Gasteiger partial charge in [0.05, 0.1) is 5.54 Å². The molecule has 0 aromatic rings. The second kappa shape index (κ2) is 4.58. The number of likely N-dealkylation sites (N-methyl/N-ethyl adjacent to an activating group) is 1. The number of amides is 1. The number of carbonyl (C=O) groups excluding carboxylic acids is 1. The summed E-state index contributed by atoms with van der Waals surface area (Å²) in [6.07, 6.45) is 7.66. The maximum Gasteiger partial charge on any atom is 0.240 e. The van der Waals surface area contributed by atoms with E-state index in [9.17, 15) is 4.79 Å². The van der Waals surface area contributed by atoms with Gasteiger partial charge in [-0.2, -0.15) is 0 Å². The monoisotopic (exact) mass is 239 g/mol. The predicted octanol–water partition coefficient (Wildman–Crippen LogP) is 0.858. The maximum atomic E-state index is 12.0. The Morgan fingerprint density at radius 3 is 2.18 bits per heavy atom. The normalized spacial score (nSPS) is 25.6. The summed E-state index contributed by atoms with van der Waals surface area (Å²) in [5.74, 6) is 0.0527. The van der Waals surface area contributed by atoms with Crippen LogP contribution < -0.4 is 11.1 Å². The molecule has 4 nitrogen and oxygen atoms in total. The minimum atomic E-state index is -0.563. The van der Waals surface area contributed by atoms with E-state index in [1.54, 1.807) is 0 Å². The molecule has 0 saturated heterocycles. The molecule has 0 spiro atoms. The highest BCUT2D eigenvalue weighted by molar-refractivity contribution is 5.87. The molecule has 0 atom stereocenters. The molecule has 0 radical (unpaired) electrons. The molecule has 2 rings (SSSR count). The summed E-state index contributed by atoms with van der Waals surface area (Å²) in [6, 6.07) is 0. The van der Waals surface area contributed by atoms with Crippen molar-refractivity contribution in [2.45, 2.75) is 56.0 Å². The Morgan fingerprint density at radius 2 is 1.76 bits per heavy atom. The minimum Gasteiger partial charge on any atom is -0.353 e. The van der Waals surface area contributed by atoms with Crippen LogP contribution in [0.2, 0.25) is 0 Å². The van der Waals surface area contributed by atoms with E-state index in [4.69, 9.17) is 5.73 Å². The highest BCUT2D eigenvalue weighted by atomic mass is 16.2. The highest BCUT2D eigenvalue weighted by Gasteiger charge is 2.42. The van der Waals surface area contributed by atoms with E-state index in [2.05, 4.69) is 24.3 Å². The molecule has 2 aliphatic rings. The van der Waals surface area contributed by atoms with Gasteiger partial charge in [0.15, 0.2) is 0 Å². The van der Waals surface area contributed by atoms with Crippen molar-refractivity contribution in [3.8, 4) is 0 Å². The molecule has 0 bridgehead atoms. The Bertz CT molecular complexity index is 291. The summed E-state index contributed by atoms with van der Waals surface area (Å²) in [6.45, 7) is 0.748. The van der Waals surface area contributed by atoms with Gasteiger partial charge in [-0.3, -0.25) is 4.79 Å². The largest absolute Gasteiger partial charge is 0.353 e. The third-order valence-electron chi connectivity index (χ3n) is 4.76. The zero-order valence-electron chi connectivity index (χ0n) is 11.1. The average Bonchev–Trinajstić information content (AvgIpc) is 2.72. The molecule has 0 aromatic carbocycles. The van der Waals surface area contributed by atoms with Crippen molar-refractivity contribution in [1.29, 1.82) is 0 Å². The van der Waals surface area contributed by atoms with Gasteiger partial charge in [-0.05, 0) is 46.2 Å². The third kappa shape index (κ3) is 2.33. The fourth-order valence-electron chi connectivity index (χ4n) is 3.02. The predicted molar refractivity (Wildman–Crippen MR) is 68.7 cm³/mol. The minimum absolute atomic E-state index is 0.0527. The van der Waals surface area contributed by atoms with Crippen LogP contribution in [0.5, 0.6) is 0 Å².